The number of pyridine rings is 1. The fourth-order valence-electron chi connectivity index (χ4n) is 3.95. The number of rotatable bonds is 11. The number of Topliss-reactive ketones (excluding diaryl/α,β-unsaturated/α-hetero) is 1. The van der Waals surface area contributed by atoms with Crippen molar-refractivity contribution in [1.82, 2.24) is 4.98 Å². The third kappa shape index (κ3) is 5.86. The van der Waals surface area contributed by atoms with Gasteiger partial charge in [-0.2, -0.15) is 0 Å². The van der Waals surface area contributed by atoms with Gasteiger partial charge >= 0.3 is 0 Å². The van der Waals surface area contributed by atoms with Gasteiger partial charge in [0.15, 0.2) is 17.3 Å². The number of methoxy groups -OCH3 is 2. The largest absolute Gasteiger partial charge is 0.494 e. The smallest absolute Gasteiger partial charge is 0.163 e. The molecule has 0 bridgehead atoms. The predicted octanol–water partition coefficient (Wildman–Crippen LogP) is 6.31. The first kappa shape index (κ1) is 26.8. The van der Waals surface area contributed by atoms with Crippen LogP contribution in [0.15, 0.2) is 48.5 Å². The van der Waals surface area contributed by atoms with E-state index in [9.17, 15) is 18.7 Å². The molecule has 0 spiro atoms. The average molecular weight is 532 g/mol. The highest BCUT2D eigenvalue weighted by molar-refractivity contribution is 6.31. The van der Waals surface area contributed by atoms with Gasteiger partial charge in [-0.3, -0.25) is 4.79 Å². The molecule has 1 fully saturated rings. The number of nitrogens with zero attached hydrogens (tertiary/aromatic N) is 1. The second kappa shape index (κ2) is 10.6. The van der Waals surface area contributed by atoms with Crippen molar-refractivity contribution in [3.05, 3.63) is 70.6 Å². The van der Waals surface area contributed by atoms with Crippen LogP contribution >= 0.6 is 11.6 Å². The zero-order valence-electron chi connectivity index (χ0n) is 20.8. The molecule has 1 aliphatic carbocycles. The van der Waals surface area contributed by atoms with Crippen LogP contribution in [0.25, 0.3) is 11.3 Å². The lowest BCUT2D eigenvalue weighted by atomic mass is 9.92. The van der Waals surface area contributed by atoms with Gasteiger partial charge in [0.2, 0.25) is 0 Å². The Hall–Kier alpha value is -3.23. The van der Waals surface area contributed by atoms with Crippen LogP contribution in [0.2, 0.25) is 5.02 Å². The van der Waals surface area contributed by atoms with Gasteiger partial charge in [0, 0.05) is 17.5 Å². The topological polar surface area (TPSA) is 77.9 Å². The van der Waals surface area contributed by atoms with Gasteiger partial charge < -0.3 is 19.3 Å². The number of ketones is 1. The first-order valence-electron chi connectivity index (χ1n) is 11.8. The summed E-state index contributed by atoms with van der Waals surface area (Å²) in [5.74, 6) is 0.384. The molecule has 1 aromatic heterocycles. The molecule has 1 saturated carbocycles. The van der Waals surface area contributed by atoms with Crippen molar-refractivity contribution < 1.29 is 32.9 Å². The number of aromatic nitrogens is 1. The van der Waals surface area contributed by atoms with Crippen molar-refractivity contribution >= 4 is 17.4 Å². The lowest BCUT2D eigenvalue weighted by Crippen LogP contribution is -2.24. The van der Waals surface area contributed by atoms with Gasteiger partial charge in [0.05, 0.1) is 24.9 Å². The molecule has 9 heteroatoms. The van der Waals surface area contributed by atoms with Crippen LogP contribution in [-0.4, -0.2) is 42.4 Å². The highest BCUT2D eigenvalue weighted by Gasteiger charge is 2.46. The Morgan fingerprint density at radius 2 is 1.78 bits per heavy atom. The van der Waals surface area contributed by atoms with E-state index in [0.717, 1.165) is 0 Å². The van der Waals surface area contributed by atoms with Crippen molar-refractivity contribution in [2.24, 2.45) is 0 Å². The Labute approximate surface area is 219 Å². The molecule has 0 saturated heterocycles. The van der Waals surface area contributed by atoms with Gasteiger partial charge in [0.25, 0.3) is 0 Å². The number of ether oxygens (including phenoxy) is 3. The number of alkyl halides is 1. The van der Waals surface area contributed by atoms with Crippen molar-refractivity contribution in [2.45, 2.75) is 43.8 Å². The highest BCUT2D eigenvalue weighted by atomic mass is 35.5. The maximum absolute atomic E-state index is 13.7. The number of carbonyl (C=O) groups excluding carboxylic acids is 1. The fourth-order valence-corrected chi connectivity index (χ4v) is 4.13. The van der Waals surface area contributed by atoms with Gasteiger partial charge in [-0.1, -0.05) is 11.6 Å². The Kier molecular flexibility index (Phi) is 7.71. The Balaban J connectivity index is 1.51. The zero-order chi connectivity index (χ0) is 26.8. The van der Waals surface area contributed by atoms with Crippen LogP contribution in [0.1, 0.15) is 48.7 Å². The van der Waals surface area contributed by atoms with Crippen LogP contribution in [0.5, 0.6) is 17.2 Å². The summed E-state index contributed by atoms with van der Waals surface area (Å²) in [5, 5.41) is 11.1. The van der Waals surface area contributed by atoms with Gasteiger partial charge in [-0.25, -0.2) is 13.8 Å². The second-order valence-corrected chi connectivity index (χ2v) is 9.76. The normalized spacial score (nSPS) is 15.5. The van der Waals surface area contributed by atoms with Crippen molar-refractivity contribution in [3.8, 4) is 28.5 Å². The molecule has 1 N–H and O–H groups in total. The molecule has 3 aromatic rings. The quantitative estimate of drug-likeness (QED) is 0.292. The summed E-state index contributed by atoms with van der Waals surface area (Å²) in [6.45, 7) is 0.987. The minimum Gasteiger partial charge on any atom is -0.494 e. The third-order valence-electron chi connectivity index (χ3n) is 6.53. The number of benzene rings is 2. The van der Waals surface area contributed by atoms with Crippen molar-refractivity contribution in [3.63, 3.8) is 0 Å². The van der Waals surface area contributed by atoms with Crippen LogP contribution in [0.3, 0.4) is 0 Å². The van der Waals surface area contributed by atoms with Gasteiger partial charge in [-0.15, -0.1) is 0 Å². The molecule has 0 amide bonds. The first-order chi connectivity index (χ1) is 17.6. The summed E-state index contributed by atoms with van der Waals surface area (Å²) >= 11 is 5.94. The maximum atomic E-state index is 13.7. The van der Waals surface area contributed by atoms with E-state index in [-0.39, 0.29) is 23.6 Å². The van der Waals surface area contributed by atoms with E-state index in [1.54, 1.807) is 37.3 Å². The Morgan fingerprint density at radius 1 is 1.08 bits per heavy atom. The fraction of sp³-hybridized carbons (Fsp3) is 0.357. The molecule has 2 aromatic carbocycles. The summed E-state index contributed by atoms with van der Waals surface area (Å²) in [5.41, 5.74) is -0.635. The van der Waals surface area contributed by atoms with Crippen LogP contribution < -0.4 is 14.2 Å². The zero-order valence-corrected chi connectivity index (χ0v) is 21.6. The van der Waals surface area contributed by atoms with Crippen molar-refractivity contribution in [1.29, 1.82) is 0 Å². The molecular weight excluding hydrogens is 504 g/mol. The highest BCUT2D eigenvalue weighted by Crippen LogP contribution is 2.43. The predicted molar refractivity (Wildman–Crippen MR) is 136 cm³/mol. The van der Waals surface area contributed by atoms with E-state index >= 15 is 0 Å². The van der Waals surface area contributed by atoms with E-state index in [1.807, 2.05) is 0 Å². The molecule has 37 heavy (non-hydrogen) atoms. The monoisotopic (exact) mass is 531 g/mol. The SMILES string of the molecule is COc1cc(C(=O)CCC(C)(O)c2ccc(OC)c(-c3ccc(F)c(Cl)c3)n2)ccc1OC1(CF)CC1. The molecule has 1 unspecified atom stereocenters. The summed E-state index contributed by atoms with van der Waals surface area (Å²) in [4.78, 5) is 17.5. The van der Waals surface area contributed by atoms with Crippen LogP contribution in [0.4, 0.5) is 8.78 Å². The number of halogens is 3. The molecule has 6 nitrogen and oxygen atoms in total. The number of hydrogen-bond acceptors (Lipinski definition) is 6. The second-order valence-electron chi connectivity index (χ2n) is 9.36. The molecule has 0 aliphatic heterocycles. The lowest BCUT2D eigenvalue weighted by Gasteiger charge is -2.24. The van der Waals surface area contributed by atoms with E-state index in [0.29, 0.717) is 52.6 Å². The van der Waals surface area contributed by atoms with E-state index in [1.165, 1.54) is 32.4 Å². The molecular formula is C28H28ClF2NO5. The average Bonchev–Trinajstić information content (AvgIpc) is 3.68. The minimum absolute atomic E-state index is 0.0240. The molecule has 1 aliphatic rings. The summed E-state index contributed by atoms with van der Waals surface area (Å²) in [6.07, 6.45) is 1.38. The van der Waals surface area contributed by atoms with Crippen molar-refractivity contribution in [2.75, 3.05) is 20.9 Å². The number of hydrogen-bond donors (Lipinski definition) is 1. The first-order valence-corrected chi connectivity index (χ1v) is 12.2. The van der Waals surface area contributed by atoms with Crippen LogP contribution in [0, 0.1) is 5.82 Å². The maximum Gasteiger partial charge on any atom is 0.163 e. The number of carbonyl (C=O) groups is 1. The molecule has 196 valence electrons. The van der Waals surface area contributed by atoms with Gasteiger partial charge in [0.1, 0.15) is 35.1 Å². The standard InChI is InChI=1S/C28H28ClF2NO5/c1-27(34,25-9-8-23(35-2)26(32-25)18-4-6-20(31)19(29)14-18)11-10-21(33)17-5-7-22(24(15-17)36-3)37-28(16-30)12-13-28/h4-9,14-15,34H,10-13,16H2,1-3H3. The Bertz CT molecular complexity index is 1310. The molecule has 1 atom stereocenters. The third-order valence-corrected chi connectivity index (χ3v) is 6.81. The van der Waals surface area contributed by atoms with E-state index in [2.05, 4.69) is 4.98 Å². The Morgan fingerprint density at radius 3 is 2.41 bits per heavy atom. The van der Waals surface area contributed by atoms with Gasteiger partial charge in [-0.05, 0) is 74.7 Å². The molecule has 0 radical (unpaired) electrons. The molecule has 4 rings (SSSR count). The summed E-state index contributed by atoms with van der Waals surface area (Å²) < 4.78 is 43.4. The number of aliphatic hydroxyl groups is 1. The van der Waals surface area contributed by atoms with E-state index < -0.39 is 23.7 Å². The lowest BCUT2D eigenvalue weighted by molar-refractivity contribution is 0.0397. The summed E-state index contributed by atoms with van der Waals surface area (Å²) in [7, 11) is 2.94. The summed E-state index contributed by atoms with van der Waals surface area (Å²) in [6, 6.07) is 12.2. The van der Waals surface area contributed by atoms with Crippen LogP contribution in [-0.2, 0) is 5.60 Å². The molecule has 1 heterocycles. The van der Waals surface area contributed by atoms with E-state index in [4.69, 9.17) is 25.8 Å². The minimum atomic E-state index is -1.45.